The third-order valence-corrected chi connectivity index (χ3v) is 7.60. The lowest BCUT2D eigenvalue weighted by Gasteiger charge is -2.19. The Morgan fingerprint density at radius 3 is 3.00 bits per heavy atom. The predicted octanol–water partition coefficient (Wildman–Crippen LogP) is 6.63. The van der Waals surface area contributed by atoms with Gasteiger partial charge in [-0.05, 0) is 54.9 Å². The van der Waals surface area contributed by atoms with Crippen LogP contribution in [0.25, 0.3) is 11.4 Å². The van der Waals surface area contributed by atoms with Gasteiger partial charge in [0.15, 0.2) is 11.0 Å². The highest BCUT2D eigenvalue weighted by atomic mass is 35.5. The molecule has 1 aliphatic carbocycles. The van der Waals surface area contributed by atoms with Crippen molar-refractivity contribution >= 4 is 34.7 Å². The van der Waals surface area contributed by atoms with E-state index >= 15 is 0 Å². The molecule has 0 spiro atoms. The van der Waals surface area contributed by atoms with Crippen LogP contribution in [-0.4, -0.2) is 14.8 Å². The molecule has 1 aromatic carbocycles. The smallest absolute Gasteiger partial charge is 0.191 e. The third kappa shape index (κ3) is 4.00. The van der Waals surface area contributed by atoms with Gasteiger partial charge in [0.2, 0.25) is 0 Å². The molecule has 0 saturated heterocycles. The Balaban J connectivity index is 1.61. The van der Waals surface area contributed by atoms with E-state index in [9.17, 15) is 4.39 Å². The Morgan fingerprint density at radius 1 is 1.36 bits per heavy atom. The van der Waals surface area contributed by atoms with Gasteiger partial charge in [-0.2, -0.15) is 0 Å². The Hall–Kier alpha value is -1.37. The molecule has 28 heavy (non-hydrogen) atoms. The SMILES string of the molecule is CCCn1c(SCc2ccc(F)cc2Cl)nnc1-c1csc2c1CCC(C)C2. The van der Waals surface area contributed by atoms with E-state index in [0.29, 0.717) is 10.8 Å². The lowest BCUT2D eigenvalue weighted by atomic mass is 9.88. The number of nitrogens with zero attached hydrogens (tertiary/aromatic N) is 3. The molecule has 0 saturated carbocycles. The van der Waals surface area contributed by atoms with Crippen LogP contribution >= 0.6 is 34.7 Å². The van der Waals surface area contributed by atoms with Crippen LogP contribution < -0.4 is 0 Å². The summed E-state index contributed by atoms with van der Waals surface area (Å²) in [6.45, 7) is 5.37. The van der Waals surface area contributed by atoms with E-state index in [4.69, 9.17) is 11.6 Å². The van der Waals surface area contributed by atoms with E-state index in [1.54, 1.807) is 17.8 Å². The van der Waals surface area contributed by atoms with E-state index in [1.165, 1.54) is 41.0 Å². The van der Waals surface area contributed by atoms with Crippen molar-refractivity contribution in [2.24, 2.45) is 5.92 Å². The van der Waals surface area contributed by atoms with Gasteiger partial charge < -0.3 is 4.57 Å². The lowest BCUT2D eigenvalue weighted by Crippen LogP contribution is -2.10. The molecule has 3 aromatic rings. The number of thiophene rings is 1. The minimum Gasteiger partial charge on any atom is -0.302 e. The molecular weight excluding hydrogens is 413 g/mol. The van der Waals surface area contributed by atoms with Crippen molar-refractivity contribution in [3.63, 3.8) is 0 Å². The first-order chi connectivity index (χ1) is 13.6. The summed E-state index contributed by atoms with van der Waals surface area (Å²) in [5.74, 6) is 2.06. The molecule has 4 rings (SSSR count). The second-order valence-electron chi connectivity index (χ2n) is 7.38. The summed E-state index contributed by atoms with van der Waals surface area (Å²) in [7, 11) is 0. The molecule has 0 fully saturated rings. The maximum absolute atomic E-state index is 13.3. The van der Waals surface area contributed by atoms with Crippen molar-refractivity contribution in [1.29, 1.82) is 0 Å². The van der Waals surface area contributed by atoms with Crippen LogP contribution in [0.4, 0.5) is 4.39 Å². The zero-order valence-electron chi connectivity index (χ0n) is 16.0. The zero-order valence-corrected chi connectivity index (χ0v) is 18.4. The molecule has 1 atom stereocenters. The van der Waals surface area contributed by atoms with E-state index in [1.807, 2.05) is 11.3 Å². The third-order valence-electron chi connectivity index (χ3n) is 5.18. The fourth-order valence-electron chi connectivity index (χ4n) is 3.67. The minimum atomic E-state index is -0.313. The highest BCUT2D eigenvalue weighted by Gasteiger charge is 2.24. The zero-order chi connectivity index (χ0) is 19.7. The van der Waals surface area contributed by atoms with E-state index in [2.05, 4.69) is 34.0 Å². The highest BCUT2D eigenvalue weighted by Crippen LogP contribution is 2.38. The summed E-state index contributed by atoms with van der Waals surface area (Å²) >= 11 is 9.64. The number of halogens is 2. The molecule has 148 valence electrons. The van der Waals surface area contributed by atoms with Gasteiger partial charge in [0, 0.05) is 33.1 Å². The van der Waals surface area contributed by atoms with Crippen molar-refractivity contribution < 1.29 is 4.39 Å². The van der Waals surface area contributed by atoms with Crippen molar-refractivity contribution in [1.82, 2.24) is 14.8 Å². The lowest BCUT2D eigenvalue weighted by molar-refractivity contribution is 0.508. The summed E-state index contributed by atoms with van der Waals surface area (Å²) in [6.07, 6.45) is 4.55. The topological polar surface area (TPSA) is 30.7 Å². The Morgan fingerprint density at radius 2 is 2.21 bits per heavy atom. The second kappa shape index (κ2) is 8.56. The second-order valence-corrected chi connectivity index (χ2v) is 9.70. The van der Waals surface area contributed by atoms with Crippen molar-refractivity contribution in [3.8, 4) is 11.4 Å². The molecule has 7 heteroatoms. The van der Waals surface area contributed by atoms with Gasteiger partial charge in [0.05, 0.1) is 0 Å². The van der Waals surface area contributed by atoms with Crippen LogP contribution in [0.1, 0.15) is 42.7 Å². The first kappa shape index (κ1) is 19.9. The summed E-state index contributed by atoms with van der Waals surface area (Å²) in [5.41, 5.74) is 3.62. The van der Waals surface area contributed by atoms with Crippen LogP contribution in [0.15, 0.2) is 28.7 Å². The van der Waals surface area contributed by atoms with Crippen molar-refractivity contribution in [3.05, 3.63) is 50.4 Å². The largest absolute Gasteiger partial charge is 0.302 e. The van der Waals surface area contributed by atoms with Crippen LogP contribution in [-0.2, 0) is 25.1 Å². The van der Waals surface area contributed by atoms with Crippen LogP contribution in [0.2, 0.25) is 5.02 Å². The number of fused-ring (bicyclic) bond motifs is 1. The van der Waals surface area contributed by atoms with Gasteiger partial charge >= 0.3 is 0 Å². The summed E-state index contributed by atoms with van der Waals surface area (Å²) in [4.78, 5) is 1.51. The normalized spacial score (nSPS) is 16.4. The number of benzene rings is 1. The molecule has 0 N–H and O–H groups in total. The predicted molar refractivity (Wildman–Crippen MR) is 116 cm³/mol. The summed E-state index contributed by atoms with van der Waals surface area (Å²) in [5, 5.41) is 12.6. The van der Waals surface area contributed by atoms with Crippen molar-refractivity contribution in [2.45, 2.75) is 57.0 Å². The number of aromatic nitrogens is 3. The molecule has 3 nitrogen and oxygen atoms in total. The molecule has 0 bridgehead atoms. The molecule has 1 unspecified atom stereocenters. The van der Waals surface area contributed by atoms with E-state index in [0.717, 1.165) is 41.8 Å². The fourth-order valence-corrected chi connectivity index (χ4v) is 6.19. The maximum Gasteiger partial charge on any atom is 0.191 e. The Labute approximate surface area is 178 Å². The fraction of sp³-hybridized carbons (Fsp3) is 0.429. The van der Waals surface area contributed by atoms with E-state index < -0.39 is 0 Å². The Bertz CT molecular complexity index is 982. The van der Waals surface area contributed by atoms with Gasteiger partial charge in [-0.3, -0.25) is 0 Å². The van der Waals surface area contributed by atoms with Gasteiger partial charge in [-0.15, -0.1) is 21.5 Å². The molecule has 2 aromatic heterocycles. The first-order valence-corrected chi connectivity index (χ1v) is 11.9. The van der Waals surface area contributed by atoms with Gasteiger partial charge in [-0.1, -0.05) is 43.3 Å². The average molecular weight is 436 g/mol. The maximum atomic E-state index is 13.3. The number of thioether (sulfide) groups is 1. The quantitative estimate of drug-likeness (QED) is 0.407. The summed E-state index contributed by atoms with van der Waals surface area (Å²) in [6, 6.07) is 4.55. The first-order valence-electron chi connectivity index (χ1n) is 9.66. The Kier molecular flexibility index (Phi) is 6.09. The molecular formula is C21H23ClFN3S2. The van der Waals surface area contributed by atoms with Crippen LogP contribution in [0, 0.1) is 11.7 Å². The average Bonchev–Trinajstić information content (AvgIpc) is 3.25. The molecule has 0 amide bonds. The molecule has 2 heterocycles. The van der Waals surface area contributed by atoms with Crippen molar-refractivity contribution in [2.75, 3.05) is 0 Å². The van der Waals surface area contributed by atoms with Gasteiger partial charge in [0.25, 0.3) is 0 Å². The monoisotopic (exact) mass is 435 g/mol. The number of hydrogen-bond acceptors (Lipinski definition) is 4. The number of rotatable bonds is 6. The molecule has 0 aliphatic heterocycles. The van der Waals surface area contributed by atoms with Crippen LogP contribution in [0.5, 0.6) is 0 Å². The molecule has 0 radical (unpaired) electrons. The van der Waals surface area contributed by atoms with Gasteiger partial charge in [-0.25, -0.2) is 4.39 Å². The standard InChI is InChI=1S/C21H23ClFN3S2/c1-3-8-26-20(17-12-27-19-9-13(2)4-7-16(17)19)24-25-21(26)28-11-14-5-6-15(23)10-18(14)22/h5-6,10,12-13H,3-4,7-9,11H2,1-2H3. The summed E-state index contributed by atoms with van der Waals surface area (Å²) < 4.78 is 15.5. The van der Waals surface area contributed by atoms with Gasteiger partial charge in [0.1, 0.15) is 5.82 Å². The molecule has 1 aliphatic rings. The van der Waals surface area contributed by atoms with Crippen LogP contribution in [0.3, 0.4) is 0 Å². The highest BCUT2D eigenvalue weighted by molar-refractivity contribution is 7.98. The minimum absolute atomic E-state index is 0.313. The van der Waals surface area contributed by atoms with E-state index in [-0.39, 0.29) is 5.82 Å². The number of hydrogen-bond donors (Lipinski definition) is 0.